The van der Waals surface area contributed by atoms with Crippen LogP contribution in [0.4, 0.5) is 5.13 Å². The highest BCUT2D eigenvalue weighted by Gasteiger charge is 2.22. The van der Waals surface area contributed by atoms with Gasteiger partial charge in [0.25, 0.3) is 0 Å². The van der Waals surface area contributed by atoms with Gasteiger partial charge >= 0.3 is 0 Å². The zero-order valence-corrected chi connectivity index (χ0v) is 15.1. The number of amides is 2. The van der Waals surface area contributed by atoms with Gasteiger partial charge in [0.2, 0.25) is 11.8 Å². The van der Waals surface area contributed by atoms with Crippen molar-refractivity contribution >= 4 is 34.0 Å². The van der Waals surface area contributed by atoms with Crippen molar-refractivity contribution < 1.29 is 9.59 Å². The average Bonchev–Trinajstić information content (AvgIpc) is 3.21. The van der Waals surface area contributed by atoms with Crippen LogP contribution in [0.2, 0.25) is 0 Å². The Morgan fingerprint density at radius 2 is 1.96 bits per heavy atom. The lowest BCUT2D eigenvalue weighted by Gasteiger charge is -2.10. The molecule has 0 saturated heterocycles. The molecular weight excluding hydrogens is 336 g/mol. The van der Waals surface area contributed by atoms with E-state index in [0.717, 1.165) is 28.3 Å². The quantitative estimate of drug-likeness (QED) is 0.894. The Balaban J connectivity index is 1.51. The lowest BCUT2D eigenvalue weighted by Crippen LogP contribution is -2.24. The Labute approximate surface area is 150 Å². The second-order valence-electron chi connectivity index (χ2n) is 5.89. The highest BCUT2D eigenvalue weighted by atomic mass is 32.1. The van der Waals surface area contributed by atoms with E-state index in [1.807, 2.05) is 44.2 Å². The van der Waals surface area contributed by atoms with Crippen LogP contribution in [0.25, 0.3) is 0 Å². The molecule has 1 aromatic heterocycles. The van der Waals surface area contributed by atoms with Gasteiger partial charge in [-0.15, -0.1) is 11.3 Å². The van der Waals surface area contributed by atoms with Crippen molar-refractivity contribution in [2.24, 2.45) is 5.10 Å². The first-order valence-corrected chi connectivity index (χ1v) is 9.01. The van der Waals surface area contributed by atoms with Crippen molar-refractivity contribution in [1.29, 1.82) is 0 Å². The van der Waals surface area contributed by atoms with Crippen molar-refractivity contribution in [1.82, 2.24) is 9.99 Å². The first-order chi connectivity index (χ1) is 12.0. The predicted molar refractivity (Wildman–Crippen MR) is 98.8 cm³/mol. The SMILES string of the molecule is Cc1nc(NC(=O)CCC(=O)N2CCC(c3ccccc3)=N2)sc1C. The molecule has 0 fully saturated rings. The molecule has 1 aliphatic rings. The molecule has 0 spiro atoms. The number of nitrogens with zero attached hydrogens (tertiary/aromatic N) is 3. The molecule has 0 unspecified atom stereocenters. The largest absolute Gasteiger partial charge is 0.302 e. The molecule has 2 amide bonds. The fraction of sp³-hybridized carbons (Fsp3) is 0.333. The molecule has 0 radical (unpaired) electrons. The van der Waals surface area contributed by atoms with Gasteiger partial charge in [-0.1, -0.05) is 30.3 Å². The minimum atomic E-state index is -0.200. The van der Waals surface area contributed by atoms with E-state index in [2.05, 4.69) is 15.4 Å². The molecule has 0 saturated carbocycles. The minimum Gasteiger partial charge on any atom is -0.302 e. The summed E-state index contributed by atoms with van der Waals surface area (Å²) in [4.78, 5) is 29.6. The van der Waals surface area contributed by atoms with Gasteiger partial charge in [0.1, 0.15) is 0 Å². The van der Waals surface area contributed by atoms with Gasteiger partial charge in [0, 0.05) is 24.1 Å². The summed E-state index contributed by atoms with van der Waals surface area (Å²) in [5, 5.41) is 9.19. The smallest absolute Gasteiger partial charge is 0.243 e. The summed E-state index contributed by atoms with van der Waals surface area (Å²) in [6.07, 6.45) is 1.00. The van der Waals surface area contributed by atoms with Crippen LogP contribution < -0.4 is 5.32 Å². The third-order valence-corrected chi connectivity index (χ3v) is 5.03. The van der Waals surface area contributed by atoms with Crippen LogP contribution in [0.5, 0.6) is 0 Å². The van der Waals surface area contributed by atoms with Crippen molar-refractivity contribution in [2.75, 3.05) is 11.9 Å². The highest BCUT2D eigenvalue weighted by molar-refractivity contribution is 7.15. The van der Waals surface area contributed by atoms with Crippen LogP contribution in [0.1, 0.15) is 35.4 Å². The fourth-order valence-electron chi connectivity index (χ4n) is 2.53. The average molecular weight is 356 g/mol. The summed E-state index contributed by atoms with van der Waals surface area (Å²) in [7, 11) is 0. The topological polar surface area (TPSA) is 74.7 Å². The van der Waals surface area contributed by atoms with E-state index >= 15 is 0 Å². The summed E-state index contributed by atoms with van der Waals surface area (Å²) in [5.41, 5.74) is 2.86. The lowest BCUT2D eigenvalue weighted by atomic mass is 10.1. The van der Waals surface area contributed by atoms with Crippen molar-refractivity contribution in [2.45, 2.75) is 33.1 Å². The van der Waals surface area contributed by atoms with Gasteiger partial charge in [0.05, 0.1) is 18.0 Å². The van der Waals surface area contributed by atoms with Gasteiger partial charge in [-0.25, -0.2) is 9.99 Å². The second-order valence-corrected chi connectivity index (χ2v) is 7.09. The zero-order valence-electron chi connectivity index (χ0n) is 14.3. The number of hydrogen-bond donors (Lipinski definition) is 1. The molecule has 6 nitrogen and oxygen atoms in total. The third kappa shape index (κ3) is 4.30. The van der Waals surface area contributed by atoms with Crippen LogP contribution in [-0.4, -0.2) is 34.1 Å². The minimum absolute atomic E-state index is 0.128. The molecule has 7 heteroatoms. The molecule has 1 aliphatic heterocycles. The number of benzene rings is 1. The number of carbonyl (C=O) groups is 2. The Bertz CT molecular complexity index is 794. The maximum atomic E-state index is 12.3. The van der Waals surface area contributed by atoms with Crippen LogP contribution in [0.15, 0.2) is 35.4 Å². The number of carbonyl (C=O) groups excluding carboxylic acids is 2. The van der Waals surface area contributed by atoms with Crippen molar-refractivity contribution in [3.05, 3.63) is 46.5 Å². The van der Waals surface area contributed by atoms with Crippen LogP contribution >= 0.6 is 11.3 Å². The monoisotopic (exact) mass is 356 g/mol. The van der Waals surface area contributed by atoms with Gasteiger partial charge in [0.15, 0.2) is 5.13 Å². The first kappa shape index (κ1) is 17.3. The Hall–Kier alpha value is -2.54. The van der Waals surface area contributed by atoms with E-state index in [1.165, 1.54) is 16.3 Å². The molecule has 1 aromatic carbocycles. The molecule has 1 N–H and O–H groups in total. The molecule has 0 atom stereocenters. The summed E-state index contributed by atoms with van der Waals surface area (Å²) in [5.74, 6) is -0.332. The number of aryl methyl sites for hydroxylation is 2. The van der Waals surface area contributed by atoms with E-state index in [9.17, 15) is 9.59 Å². The standard InChI is InChI=1S/C18H20N4O2S/c1-12-13(2)25-18(19-12)20-16(23)8-9-17(24)22-11-10-15(21-22)14-6-4-3-5-7-14/h3-7H,8-11H2,1-2H3,(H,19,20,23). The molecule has 25 heavy (non-hydrogen) atoms. The third-order valence-electron chi connectivity index (χ3n) is 4.04. The number of thiazole rings is 1. The highest BCUT2D eigenvalue weighted by Crippen LogP contribution is 2.21. The van der Waals surface area contributed by atoms with Gasteiger partial charge in [-0.3, -0.25) is 9.59 Å². The van der Waals surface area contributed by atoms with Crippen molar-refractivity contribution in [3.8, 4) is 0 Å². The molecule has 3 rings (SSSR count). The van der Waals surface area contributed by atoms with Gasteiger partial charge in [-0.2, -0.15) is 5.10 Å². The Kier molecular flexibility index (Phi) is 5.23. The summed E-state index contributed by atoms with van der Waals surface area (Å²) in [6.45, 7) is 4.43. The predicted octanol–water partition coefficient (Wildman–Crippen LogP) is 3.12. The molecular formula is C18H20N4O2S. The van der Waals surface area contributed by atoms with Gasteiger partial charge < -0.3 is 5.32 Å². The van der Waals surface area contributed by atoms with E-state index < -0.39 is 0 Å². The number of rotatable bonds is 5. The molecule has 0 aliphatic carbocycles. The van der Waals surface area contributed by atoms with Gasteiger partial charge in [-0.05, 0) is 19.4 Å². The van der Waals surface area contributed by atoms with Crippen LogP contribution in [0.3, 0.4) is 0 Å². The number of hydrogen-bond acceptors (Lipinski definition) is 5. The van der Waals surface area contributed by atoms with E-state index in [0.29, 0.717) is 11.7 Å². The number of nitrogens with one attached hydrogen (secondary N) is 1. The summed E-state index contributed by atoms with van der Waals surface area (Å²) < 4.78 is 0. The Morgan fingerprint density at radius 3 is 2.64 bits per heavy atom. The van der Waals surface area contributed by atoms with Crippen LogP contribution in [-0.2, 0) is 9.59 Å². The van der Waals surface area contributed by atoms with E-state index in [-0.39, 0.29) is 24.7 Å². The number of anilines is 1. The molecule has 130 valence electrons. The number of hydrazone groups is 1. The second kappa shape index (κ2) is 7.57. The summed E-state index contributed by atoms with van der Waals surface area (Å²) in [6, 6.07) is 9.83. The molecule has 0 bridgehead atoms. The maximum Gasteiger partial charge on any atom is 0.243 e. The summed E-state index contributed by atoms with van der Waals surface area (Å²) >= 11 is 1.44. The van der Waals surface area contributed by atoms with Crippen LogP contribution in [0, 0.1) is 13.8 Å². The maximum absolute atomic E-state index is 12.3. The van der Waals surface area contributed by atoms with Crippen molar-refractivity contribution in [3.63, 3.8) is 0 Å². The number of aromatic nitrogens is 1. The Morgan fingerprint density at radius 1 is 1.20 bits per heavy atom. The lowest BCUT2D eigenvalue weighted by molar-refractivity contribution is -0.132. The molecule has 2 aromatic rings. The fourth-order valence-corrected chi connectivity index (χ4v) is 3.36. The normalized spacial score (nSPS) is 13.7. The first-order valence-electron chi connectivity index (χ1n) is 8.20. The molecule has 2 heterocycles. The zero-order chi connectivity index (χ0) is 17.8. The van der Waals surface area contributed by atoms with E-state index in [4.69, 9.17) is 0 Å². The van der Waals surface area contributed by atoms with E-state index in [1.54, 1.807) is 0 Å².